The van der Waals surface area contributed by atoms with Gasteiger partial charge in [-0.3, -0.25) is 15.1 Å². The van der Waals surface area contributed by atoms with Gasteiger partial charge in [0.25, 0.3) is 0 Å². The number of ether oxygens (including phenoxy) is 1. The molecule has 0 spiro atoms. The number of pyridine rings is 2. The molecule has 0 unspecified atom stereocenters. The number of nitrogens with one attached hydrogen (secondary N) is 2. The molecule has 0 aliphatic rings. The van der Waals surface area contributed by atoms with E-state index >= 15 is 0 Å². The van der Waals surface area contributed by atoms with Gasteiger partial charge in [0.05, 0.1) is 16.9 Å². The van der Waals surface area contributed by atoms with E-state index in [1.165, 1.54) is 25.4 Å². The van der Waals surface area contributed by atoms with Gasteiger partial charge in [0.1, 0.15) is 17.5 Å². The van der Waals surface area contributed by atoms with E-state index in [4.69, 9.17) is 10.00 Å². The van der Waals surface area contributed by atoms with Gasteiger partial charge in [0.15, 0.2) is 0 Å². The Morgan fingerprint density at radius 1 is 1.15 bits per heavy atom. The Kier molecular flexibility index (Phi) is 5.52. The van der Waals surface area contributed by atoms with Crippen molar-refractivity contribution in [3.05, 3.63) is 36.2 Å². The molecule has 2 N–H and O–H groups in total. The lowest BCUT2D eigenvalue weighted by Gasteiger charge is -2.20. The number of amides is 2. The van der Waals surface area contributed by atoms with Crippen LogP contribution >= 0.6 is 0 Å². The van der Waals surface area contributed by atoms with Gasteiger partial charge >= 0.3 is 6.09 Å². The third-order valence-corrected chi connectivity index (χ3v) is 3.01. The molecule has 0 radical (unpaired) electrons. The van der Waals surface area contributed by atoms with E-state index in [0.29, 0.717) is 22.5 Å². The van der Waals surface area contributed by atoms with E-state index in [-0.39, 0.29) is 11.7 Å². The van der Waals surface area contributed by atoms with Gasteiger partial charge in [-0.2, -0.15) is 5.26 Å². The second-order valence-corrected chi connectivity index (χ2v) is 6.47. The Hall–Kier alpha value is -3.47. The molecular formula is C18H19N5O3. The number of hydrogen-bond donors (Lipinski definition) is 2. The molecule has 8 heteroatoms. The number of aromatic nitrogens is 2. The summed E-state index contributed by atoms with van der Waals surface area (Å²) in [5, 5.41) is 14.1. The highest BCUT2D eigenvalue weighted by atomic mass is 16.6. The van der Waals surface area contributed by atoms with Crippen LogP contribution in [-0.4, -0.2) is 27.6 Å². The van der Waals surface area contributed by atoms with E-state index in [9.17, 15) is 9.59 Å². The third kappa shape index (κ3) is 5.27. The number of rotatable bonds is 3. The van der Waals surface area contributed by atoms with Gasteiger partial charge < -0.3 is 10.1 Å². The molecule has 2 aromatic rings. The average Bonchev–Trinajstić information content (AvgIpc) is 2.53. The standard InChI is InChI=1S/C18H19N5O3/c1-11(24)22-16-7-15(23-17(25)26-18(2,3)4)13(10-21-16)14-6-5-12(8-19)9-20-14/h5-7,9-10H,1-4H3,(H2,21,22,23,24,25). The molecule has 2 heterocycles. The van der Waals surface area contributed by atoms with Crippen molar-refractivity contribution in [2.45, 2.75) is 33.3 Å². The molecule has 2 amide bonds. The predicted molar refractivity (Wildman–Crippen MR) is 96.3 cm³/mol. The van der Waals surface area contributed by atoms with Gasteiger partial charge in [0.2, 0.25) is 5.91 Å². The van der Waals surface area contributed by atoms with Crippen molar-refractivity contribution < 1.29 is 14.3 Å². The van der Waals surface area contributed by atoms with Gasteiger partial charge in [-0.15, -0.1) is 0 Å². The Morgan fingerprint density at radius 3 is 2.42 bits per heavy atom. The quantitative estimate of drug-likeness (QED) is 0.874. The molecule has 0 bridgehead atoms. The molecule has 0 aromatic carbocycles. The summed E-state index contributed by atoms with van der Waals surface area (Å²) in [4.78, 5) is 31.8. The van der Waals surface area contributed by atoms with Crippen molar-refractivity contribution in [1.82, 2.24) is 9.97 Å². The molecular weight excluding hydrogens is 334 g/mol. The Morgan fingerprint density at radius 2 is 1.88 bits per heavy atom. The molecule has 134 valence electrons. The number of carbonyl (C=O) groups excluding carboxylic acids is 2. The maximum atomic E-state index is 12.1. The minimum atomic E-state index is -0.662. The van der Waals surface area contributed by atoms with Crippen LogP contribution in [0, 0.1) is 11.3 Å². The first-order chi connectivity index (χ1) is 12.2. The monoisotopic (exact) mass is 353 g/mol. The minimum absolute atomic E-state index is 0.279. The lowest BCUT2D eigenvalue weighted by atomic mass is 10.1. The van der Waals surface area contributed by atoms with E-state index in [1.807, 2.05) is 6.07 Å². The zero-order chi connectivity index (χ0) is 19.3. The van der Waals surface area contributed by atoms with Crippen LogP contribution in [0.2, 0.25) is 0 Å². The van der Waals surface area contributed by atoms with Gasteiger partial charge in [-0.1, -0.05) is 0 Å². The highest BCUT2D eigenvalue weighted by Gasteiger charge is 2.18. The molecule has 0 fully saturated rings. The van der Waals surface area contributed by atoms with Gasteiger partial charge in [-0.05, 0) is 32.9 Å². The normalized spacial score (nSPS) is 10.6. The van der Waals surface area contributed by atoms with Crippen molar-refractivity contribution >= 4 is 23.5 Å². The molecule has 0 aliphatic heterocycles. The fourth-order valence-corrected chi connectivity index (χ4v) is 2.04. The molecule has 8 nitrogen and oxygen atoms in total. The average molecular weight is 353 g/mol. The fourth-order valence-electron chi connectivity index (χ4n) is 2.04. The smallest absolute Gasteiger partial charge is 0.412 e. The summed E-state index contributed by atoms with van der Waals surface area (Å²) < 4.78 is 5.27. The molecule has 0 saturated carbocycles. The molecule has 0 saturated heterocycles. The van der Waals surface area contributed by atoms with Crippen LogP contribution in [0.1, 0.15) is 33.3 Å². The first kappa shape index (κ1) is 18.9. The van der Waals surface area contributed by atoms with E-state index in [0.717, 1.165) is 0 Å². The van der Waals surface area contributed by atoms with Crippen molar-refractivity contribution in [3.8, 4) is 17.3 Å². The molecule has 0 aliphatic carbocycles. The summed E-state index contributed by atoms with van der Waals surface area (Å²) in [6.07, 6.45) is 2.26. The first-order valence-corrected chi connectivity index (χ1v) is 7.82. The zero-order valence-electron chi connectivity index (χ0n) is 15.0. The van der Waals surface area contributed by atoms with E-state index in [2.05, 4.69) is 20.6 Å². The minimum Gasteiger partial charge on any atom is -0.444 e. The van der Waals surface area contributed by atoms with Gasteiger partial charge in [0, 0.05) is 30.9 Å². The zero-order valence-corrected chi connectivity index (χ0v) is 15.0. The molecule has 2 rings (SSSR count). The Balaban J connectivity index is 2.40. The maximum Gasteiger partial charge on any atom is 0.412 e. The Labute approximate surface area is 151 Å². The van der Waals surface area contributed by atoms with Crippen LogP contribution in [0.25, 0.3) is 11.3 Å². The maximum absolute atomic E-state index is 12.1. The lowest BCUT2D eigenvalue weighted by Crippen LogP contribution is -2.27. The third-order valence-electron chi connectivity index (χ3n) is 3.01. The van der Waals surface area contributed by atoms with Crippen molar-refractivity contribution in [2.75, 3.05) is 10.6 Å². The fraction of sp³-hybridized carbons (Fsp3) is 0.278. The van der Waals surface area contributed by atoms with Crippen LogP contribution in [0.3, 0.4) is 0 Å². The summed E-state index contributed by atoms with van der Waals surface area (Å²) in [5.74, 6) is -0.00841. The SMILES string of the molecule is CC(=O)Nc1cc(NC(=O)OC(C)(C)C)c(-c2ccc(C#N)cn2)cn1. The van der Waals surface area contributed by atoms with Crippen LogP contribution in [0.5, 0.6) is 0 Å². The second kappa shape index (κ2) is 7.61. The highest BCUT2D eigenvalue weighted by Crippen LogP contribution is 2.28. The topological polar surface area (TPSA) is 117 Å². The summed E-state index contributed by atoms with van der Waals surface area (Å²) in [7, 11) is 0. The molecule has 0 atom stereocenters. The van der Waals surface area contributed by atoms with Gasteiger partial charge in [-0.25, -0.2) is 9.78 Å². The molecule has 2 aromatic heterocycles. The van der Waals surface area contributed by atoms with Crippen molar-refractivity contribution in [1.29, 1.82) is 5.26 Å². The predicted octanol–water partition coefficient (Wildman–Crippen LogP) is 3.32. The number of anilines is 2. The largest absolute Gasteiger partial charge is 0.444 e. The number of nitrogens with zero attached hydrogens (tertiary/aromatic N) is 3. The summed E-state index contributed by atoms with van der Waals surface area (Å²) >= 11 is 0. The first-order valence-electron chi connectivity index (χ1n) is 7.82. The highest BCUT2D eigenvalue weighted by molar-refractivity contribution is 5.94. The number of nitriles is 1. The van der Waals surface area contributed by atoms with Crippen LogP contribution in [0.15, 0.2) is 30.6 Å². The number of carbonyl (C=O) groups is 2. The van der Waals surface area contributed by atoms with Crippen LogP contribution in [-0.2, 0) is 9.53 Å². The summed E-state index contributed by atoms with van der Waals surface area (Å²) in [6, 6.07) is 6.77. The summed E-state index contributed by atoms with van der Waals surface area (Å²) in [6.45, 7) is 6.62. The van der Waals surface area contributed by atoms with E-state index < -0.39 is 11.7 Å². The molecule has 26 heavy (non-hydrogen) atoms. The van der Waals surface area contributed by atoms with Crippen molar-refractivity contribution in [2.24, 2.45) is 0 Å². The lowest BCUT2D eigenvalue weighted by molar-refractivity contribution is -0.114. The summed E-state index contributed by atoms with van der Waals surface area (Å²) in [5.41, 5.74) is 1.16. The van der Waals surface area contributed by atoms with Crippen LogP contribution in [0.4, 0.5) is 16.3 Å². The van der Waals surface area contributed by atoms with Crippen molar-refractivity contribution in [3.63, 3.8) is 0 Å². The second-order valence-electron chi connectivity index (χ2n) is 6.47. The Bertz CT molecular complexity index is 864. The number of hydrogen-bond acceptors (Lipinski definition) is 6. The van der Waals surface area contributed by atoms with E-state index in [1.54, 1.807) is 32.9 Å². The van der Waals surface area contributed by atoms with Crippen LogP contribution < -0.4 is 10.6 Å².